The molecule has 1 aromatic rings. The van der Waals surface area contributed by atoms with E-state index in [1.54, 1.807) is 9.80 Å². The zero-order chi connectivity index (χ0) is 23.0. The summed E-state index contributed by atoms with van der Waals surface area (Å²) in [5, 5.41) is 0. The summed E-state index contributed by atoms with van der Waals surface area (Å²) < 4.78 is 10.4. The predicted octanol–water partition coefficient (Wildman–Crippen LogP) is 3.29. The van der Waals surface area contributed by atoms with Gasteiger partial charge in [0, 0.05) is 31.9 Å². The molecule has 0 unspecified atom stereocenters. The lowest BCUT2D eigenvalue weighted by molar-refractivity contribution is -0.150. The average molecular weight is 432 g/mol. The third-order valence-electron chi connectivity index (χ3n) is 5.64. The second kappa shape index (κ2) is 8.40. The van der Waals surface area contributed by atoms with Crippen molar-refractivity contribution in [1.82, 2.24) is 9.80 Å². The molecule has 1 aromatic carbocycles. The first kappa shape index (κ1) is 22.9. The second-order valence-electron chi connectivity index (χ2n) is 9.89. The highest BCUT2D eigenvalue weighted by molar-refractivity contribution is 5.95. The van der Waals surface area contributed by atoms with Crippen LogP contribution in [-0.2, 0) is 20.7 Å². The number of esters is 1. The molecule has 1 atom stereocenters. The molecule has 0 spiro atoms. The van der Waals surface area contributed by atoms with Crippen molar-refractivity contribution >= 4 is 23.8 Å². The lowest BCUT2D eigenvalue weighted by atomic mass is 9.86. The van der Waals surface area contributed by atoms with E-state index in [1.165, 1.54) is 7.11 Å². The van der Waals surface area contributed by atoms with Gasteiger partial charge < -0.3 is 19.3 Å². The normalized spacial score (nSPS) is 19.4. The molecule has 2 saturated heterocycles. The Bertz CT molecular complexity index is 844. The molecule has 0 aliphatic carbocycles. The molecule has 8 nitrogen and oxygen atoms in total. The molecule has 3 amide bonds. The van der Waals surface area contributed by atoms with Gasteiger partial charge in [0.2, 0.25) is 0 Å². The van der Waals surface area contributed by atoms with Gasteiger partial charge >= 0.3 is 18.1 Å². The van der Waals surface area contributed by atoms with Gasteiger partial charge in [0.25, 0.3) is 0 Å². The van der Waals surface area contributed by atoms with Crippen molar-refractivity contribution in [1.29, 1.82) is 0 Å². The highest BCUT2D eigenvalue weighted by Crippen LogP contribution is 2.29. The highest BCUT2D eigenvalue weighted by Gasteiger charge is 2.43. The van der Waals surface area contributed by atoms with Crippen molar-refractivity contribution in [2.45, 2.75) is 52.7 Å². The Morgan fingerprint density at radius 1 is 1.03 bits per heavy atom. The van der Waals surface area contributed by atoms with Gasteiger partial charge in [0.05, 0.1) is 18.6 Å². The van der Waals surface area contributed by atoms with Crippen LogP contribution >= 0.6 is 0 Å². The maximum Gasteiger partial charge on any atom is 0.410 e. The van der Waals surface area contributed by atoms with Crippen LogP contribution in [-0.4, -0.2) is 72.8 Å². The molecule has 2 fully saturated rings. The molecule has 2 aliphatic rings. The summed E-state index contributed by atoms with van der Waals surface area (Å²) in [5.41, 5.74) is 0.643. The van der Waals surface area contributed by atoms with E-state index in [0.717, 1.165) is 11.3 Å². The number of fused-ring (bicyclic) bond motifs is 1. The fraction of sp³-hybridized carbons (Fsp3) is 0.609. The summed E-state index contributed by atoms with van der Waals surface area (Å²) in [6.45, 7) is 11.2. The van der Waals surface area contributed by atoms with Crippen molar-refractivity contribution in [3.8, 4) is 0 Å². The van der Waals surface area contributed by atoms with Crippen LogP contribution in [0.2, 0.25) is 0 Å². The van der Waals surface area contributed by atoms with Crippen LogP contribution < -0.4 is 4.90 Å². The molecule has 8 heteroatoms. The topological polar surface area (TPSA) is 79.4 Å². The first-order valence-electron chi connectivity index (χ1n) is 10.6. The molecule has 170 valence electrons. The number of nitrogens with zero attached hydrogens (tertiary/aromatic N) is 3. The summed E-state index contributed by atoms with van der Waals surface area (Å²) in [4.78, 5) is 42.5. The molecule has 2 aliphatic heterocycles. The van der Waals surface area contributed by atoms with E-state index in [9.17, 15) is 14.4 Å². The monoisotopic (exact) mass is 431 g/mol. The van der Waals surface area contributed by atoms with Crippen molar-refractivity contribution in [2.24, 2.45) is 5.41 Å². The van der Waals surface area contributed by atoms with Gasteiger partial charge in [0.15, 0.2) is 0 Å². The molecule has 0 radical (unpaired) electrons. The van der Waals surface area contributed by atoms with Crippen molar-refractivity contribution in [3.05, 3.63) is 29.8 Å². The Labute approximate surface area is 184 Å². The number of hydrogen-bond donors (Lipinski definition) is 0. The highest BCUT2D eigenvalue weighted by atomic mass is 16.6. The summed E-state index contributed by atoms with van der Waals surface area (Å²) in [5.74, 6) is -0.252. The molecule has 0 aromatic heterocycles. The fourth-order valence-electron chi connectivity index (χ4n) is 4.07. The number of ether oxygens (including phenoxy) is 2. The van der Waals surface area contributed by atoms with Gasteiger partial charge in [-0.3, -0.25) is 9.69 Å². The van der Waals surface area contributed by atoms with Crippen LogP contribution in [0.3, 0.4) is 0 Å². The number of urea groups is 1. The molecule has 0 saturated carbocycles. The zero-order valence-electron chi connectivity index (χ0n) is 19.3. The van der Waals surface area contributed by atoms with Crippen molar-refractivity contribution < 1.29 is 23.9 Å². The number of amides is 3. The summed E-state index contributed by atoms with van der Waals surface area (Å²) in [7, 11) is 1.39. The smallest absolute Gasteiger partial charge is 0.410 e. The lowest BCUT2D eigenvalue weighted by Gasteiger charge is -2.36. The van der Waals surface area contributed by atoms with E-state index in [2.05, 4.69) is 0 Å². The zero-order valence-corrected chi connectivity index (χ0v) is 19.3. The molecule has 2 heterocycles. The number of carbonyl (C=O) groups is 3. The maximum atomic E-state index is 12.9. The van der Waals surface area contributed by atoms with E-state index in [4.69, 9.17) is 9.47 Å². The Morgan fingerprint density at radius 3 is 2.26 bits per heavy atom. The summed E-state index contributed by atoms with van der Waals surface area (Å²) >= 11 is 0. The standard InChI is InChI=1S/C23H33N3O5/c1-22(2,3)31-21(29)24-11-12-25-18(14-24)15-26(20(25)28)17-9-7-16(8-10-17)13-23(4,5)19(27)30-6/h7-10,18H,11-15H2,1-6H3/t18-/m0/s1. The third-order valence-corrected chi connectivity index (χ3v) is 5.64. The molecular weight excluding hydrogens is 398 g/mol. The van der Waals surface area contributed by atoms with E-state index >= 15 is 0 Å². The van der Waals surface area contributed by atoms with Crippen LogP contribution in [0.5, 0.6) is 0 Å². The Kier molecular flexibility index (Phi) is 6.21. The van der Waals surface area contributed by atoms with Crippen LogP contribution in [0.4, 0.5) is 15.3 Å². The van der Waals surface area contributed by atoms with Crippen LogP contribution in [0, 0.1) is 5.41 Å². The molecule has 3 rings (SSSR count). The second-order valence-corrected chi connectivity index (χ2v) is 9.89. The number of carbonyl (C=O) groups excluding carboxylic acids is 3. The summed E-state index contributed by atoms with van der Waals surface area (Å²) in [6.07, 6.45) is 0.212. The first-order valence-corrected chi connectivity index (χ1v) is 10.6. The Hall–Kier alpha value is -2.77. The van der Waals surface area contributed by atoms with Crippen LogP contribution in [0.15, 0.2) is 24.3 Å². The maximum absolute atomic E-state index is 12.9. The van der Waals surface area contributed by atoms with Crippen molar-refractivity contribution in [2.75, 3.05) is 38.2 Å². The molecule has 31 heavy (non-hydrogen) atoms. The Balaban J connectivity index is 1.65. The minimum atomic E-state index is -0.620. The molecule has 0 N–H and O–H groups in total. The van der Waals surface area contributed by atoms with E-state index in [-0.39, 0.29) is 24.1 Å². The fourth-order valence-corrected chi connectivity index (χ4v) is 4.07. The van der Waals surface area contributed by atoms with E-state index in [1.807, 2.05) is 63.8 Å². The number of piperazine rings is 1. The quantitative estimate of drug-likeness (QED) is 0.684. The number of hydrogen-bond acceptors (Lipinski definition) is 5. The minimum Gasteiger partial charge on any atom is -0.469 e. The SMILES string of the molecule is COC(=O)C(C)(C)Cc1ccc(N2C[C@@H]3CN(C(=O)OC(C)(C)C)CCN3C2=O)cc1. The van der Waals surface area contributed by atoms with Gasteiger partial charge in [-0.05, 0) is 58.7 Å². The number of rotatable bonds is 4. The van der Waals surface area contributed by atoms with Gasteiger partial charge in [-0.1, -0.05) is 12.1 Å². The van der Waals surface area contributed by atoms with E-state index in [0.29, 0.717) is 32.6 Å². The predicted molar refractivity (Wildman–Crippen MR) is 117 cm³/mol. The van der Waals surface area contributed by atoms with Gasteiger partial charge in [0.1, 0.15) is 5.60 Å². The number of methoxy groups -OCH3 is 1. The minimum absolute atomic E-state index is 0.0449. The lowest BCUT2D eigenvalue weighted by Crippen LogP contribution is -2.54. The van der Waals surface area contributed by atoms with Gasteiger partial charge in [-0.15, -0.1) is 0 Å². The first-order chi connectivity index (χ1) is 14.4. The van der Waals surface area contributed by atoms with Crippen LogP contribution in [0.25, 0.3) is 0 Å². The third kappa shape index (κ3) is 5.11. The number of anilines is 1. The van der Waals surface area contributed by atoms with Crippen LogP contribution in [0.1, 0.15) is 40.2 Å². The summed E-state index contributed by atoms with van der Waals surface area (Å²) in [6, 6.07) is 7.59. The van der Waals surface area contributed by atoms with Crippen molar-refractivity contribution in [3.63, 3.8) is 0 Å². The van der Waals surface area contributed by atoms with Gasteiger partial charge in [-0.25, -0.2) is 9.59 Å². The number of benzene rings is 1. The molecular formula is C23H33N3O5. The largest absolute Gasteiger partial charge is 0.469 e. The Morgan fingerprint density at radius 2 is 1.68 bits per heavy atom. The average Bonchev–Trinajstić information content (AvgIpc) is 3.02. The van der Waals surface area contributed by atoms with Gasteiger partial charge in [-0.2, -0.15) is 0 Å². The molecule has 0 bridgehead atoms. The van der Waals surface area contributed by atoms with E-state index < -0.39 is 11.0 Å².